The Morgan fingerprint density at radius 2 is 1.87 bits per heavy atom. The lowest BCUT2D eigenvalue weighted by Crippen LogP contribution is -2.70. The minimum absolute atomic E-state index is 0.172. The first-order chi connectivity index (χ1) is 21.5. The number of fused-ring (bicyclic) bond motifs is 3. The van der Waals surface area contributed by atoms with Crippen LogP contribution < -0.4 is 5.73 Å². The number of hydrogen-bond donors (Lipinski definition) is 2. The molecule has 1 aromatic heterocycles. The lowest BCUT2D eigenvalue weighted by molar-refractivity contribution is -0.267. The summed E-state index contributed by atoms with van der Waals surface area (Å²) in [6.07, 6.45) is 8.73. The number of carbonyl (C=O) groups is 2. The highest BCUT2D eigenvalue weighted by Crippen LogP contribution is 2.75. The minimum Gasteiger partial charge on any atom is -0.481 e. The molecular formula is C37H56N2O6S. The molecule has 3 unspecified atom stereocenters. The maximum absolute atomic E-state index is 13.4. The molecule has 0 radical (unpaired) electrons. The maximum Gasteiger partial charge on any atom is 0.307 e. The first-order valence-corrected chi connectivity index (χ1v) is 18.4. The standard InChI is InChI=1S/C37H56N2O6S/c1-21(2)22(3)33(5)13-14-35(7)24-9-10-28-34(6)19-43-20-37(28,25(24)11-12-36(35,8)29(33)32(41)42)17-27(45-23(4)40)30(34)44-18-26(38)31-39-15-16-46-31/h11,15-16,21-22,24,26-30H,9-10,12-14,17-20,38H2,1-8H3,(H,41,42)/t22-,24+,26?,27?,28?,29-,30+,33-,34-,35-,36+,37+/m1/s1. The Morgan fingerprint density at radius 1 is 1.13 bits per heavy atom. The van der Waals surface area contributed by atoms with Gasteiger partial charge in [-0.25, -0.2) is 4.98 Å². The number of nitrogens with two attached hydrogens (primary N) is 1. The molecule has 2 heterocycles. The Hall–Kier alpha value is -1.81. The summed E-state index contributed by atoms with van der Waals surface area (Å²) in [6.45, 7) is 18.8. The maximum atomic E-state index is 13.4. The number of ether oxygens (including phenoxy) is 3. The number of carbonyl (C=O) groups excluding carboxylic acids is 1. The largest absolute Gasteiger partial charge is 0.481 e. The second-order valence-corrected chi connectivity index (χ2v) is 17.9. The number of carboxylic acids is 1. The number of allylic oxidation sites excluding steroid dienone is 1. The van der Waals surface area contributed by atoms with Crippen LogP contribution in [-0.2, 0) is 23.8 Å². The Labute approximate surface area is 279 Å². The molecule has 6 rings (SSSR count). The van der Waals surface area contributed by atoms with E-state index in [1.807, 2.05) is 5.38 Å². The third kappa shape index (κ3) is 4.79. The fraction of sp³-hybridized carbons (Fsp3) is 0.811. The zero-order valence-electron chi connectivity index (χ0n) is 29.1. The van der Waals surface area contributed by atoms with Gasteiger partial charge < -0.3 is 25.1 Å². The molecule has 46 heavy (non-hydrogen) atoms. The normalized spacial score (nSPS) is 44.7. The van der Waals surface area contributed by atoms with Gasteiger partial charge in [0.1, 0.15) is 17.2 Å². The Morgan fingerprint density at radius 3 is 2.50 bits per heavy atom. The van der Waals surface area contributed by atoms with E-state index in [-0.39, 0.29) is 57.7 Å². The van der Waals surface area contributed by atoms with Crippen molar-refractivity contribution in [1.29, 1.82) is 0 Å². The molecular weight excluding hydrogens is 600 g/mol. The predicted molar refractivity (Wildman–Crippen MR) is 178 cm³/mol. The van der Waals surface area contributed by atoms with Gasteiger partial charge >= 0.3 is 11.9 Å². The summed E-state index contributed by atoms with van der Waals surface area (Å²) >= 11 is 1.52. The highest BCUT2D eigenvalue weighted by atomic mass is 32.1. The molecule has 12 atom stereocenters. The molecule has 1 aromatic rings. The first kappa shape index (κ1) is 34.1. The highest BCUT2D eigenvalue weighted by Gasteiger charge is 2.72. The minimum atomic E-state index is -0.649. The number of aromatic nitrogens is 1. The van der Waals surface area contributed by atoms with Crippen molar-refractivity contribution >= 4 is 23.3 Å². The number of carboxylic acid groups (broad SMARTS) is 1. The fourth-order valence-electron chi connectivity index (χ4n) is 11.9. The molecule has 0 spiro atoms. The van der Waals surface area contributed by atoms with E-state index in [0.717, 1.165) is 37.1 Å². The van der Waals surface area contributed by atoms with Crippen LogP contribution in [0, 0.1) is 56.7 Å². The number of hydrogen-bond acceptors (Lipinski definition) is 8. The number of rotatable bonds is 8. The summed E-state index contributed by atoms with van der Waals surface area (Å²) in [7, 11) is 0. The van der Waals surface area contributed by atoms with Crippen LogP contribution in [0.2, 0.25) is 0 Å². The molecule has 1 aliphatic heterocycles. The number of esters is 1. The molecule has 3 N–H and O–H groups in total. The van der Waals surface area contributed by atoms with Gasteiger partial charge in [-0.1, -0.05) is 60.1 Å². The van der Waals surface area contributed by atoms with Crippen LogP contribution in [0.1, 0.15) is 105 Å². The van der Waals surface area contributed by atoms with E-state index < -0.39 is 18.0 Å². The van der Waals surface area contributed by atoms with Crippen molar-refractivity contribution in [3.05, 3.63) is 28.2 Å². The van der Waals surface area contributed by atoms with Gasteiger partial charge in [-0.2, -0.15) is 0 Å². The van der Waals surface area contributed by atoms with Crippen molar-refractivity contribution in [2.75, 3.05) is 19.8 Å². The SMILES string of the molecule is CC(=O)OC1C[C@@]23COC[C@](C)(C2CC[C@H]2C3=CC[C@@]3(C)[C@H](C(=O)O)[C@@](C)([C@H](C)C(C)C)CC[C@]23C)[C@H]1OCC(N)c1nccs1. The van der Waals surface area contributed by atoms with E-state index in [4.69, 9.17) is 19.9 Å². The molecule has 9 heteroatoms. The molecule has 8 nitrogen and oxygen atoms in total. The van der Waals surface area contributed by atoms with Crippen molar-refractivity contribution in [3.63, 3.8) is 0 Å². The van der Waals surface area contributed by atoms with Crippen LogP contribution in [0.4, 0.5) is 0 Å². The van der Waals surface area contributed by atoms with E-state index in [1.54, 1.807) is 6.20 Å². The predicted octanol–water partition coefficient (Wildman–Crippen LogP) is 7.05. The van der Waals surface area contributed by atoms with Crippen molar-refractivity contribution in [2.24, 2.45) is 62.4 Å². The van der Waals surface area contributed by atoms with Crippen LogP contribution in [0.15, 0.2) is 23.2 Å². The fourth-order valence-corrected chi connectivity index (χ4v) is 12.5. The highest BCUT2D eigenvalue weighted by molar-refractivity contribution is 7.09. The molecule has 4 aliphatic carbocycles. The zero-order valence-corrected chi connectivity index (χ0v) is 30.0. The Balaban J connectivity index is 1.38. The van der Waals surface area contributed by atoms with E-state index in [0.29, 0.717) is 37.4 Å². The molecule has 0 aromatic carbocycles. The second-order valence-electron chi connectivity index (χ2n) is 16.9. The van der Waals surface area contributed by atoms with E-state index in [2.05, 4.69) is 59.5 Å². The van der Waals surface area contributed by atoms with Crippen LogP contribution in [0.3, 0.4) is 0 Å². The van der Waals surface area contributed by atoms with Crippen LogP contribution in [0.5, 0.6) is 0 Å². The lowest BCUT2D eigenvalue weighted by atomic mass is 9.34. The average molecular weight is 657 g/mol. The topological polar surface area (TPSA) is 121 Å². The van der Waals surface area contributed by atoms with Gasteiger partial charge in [0.25, 0.3) is 0 Å². The van der Waals surface area contributed by atoms with E-state index in [9.17, 15) is 14.7 Å². The van der Waals surface area contributed by atoms with Gasteiger partial charge in [0.2, 0.25) is 0 Å². The summed E-state index contributed by atoms with van der Waals surface area (Å²) in [4.78, 5) is 30.3. The first-order valence-electron chi connectivity index (χ1n) is 17.5. The van der Waals surface area contributed by atoms with Crippen molar-refractivity contribution in [2.45, 2.75) is 112 Å². The van der Waals surface area contributed by atoms with Crippen molar-refractivity contribution in [1.82, 2.24) is 4.98 Å². The van der Waals surface area contributed by atoms with E-state index in [1.165, 1.54) is 23.8 Å². The van der Waals surface area contributed by atoms with Crippen molar-refractivity contribution in [3.8, 4) is 0 Å². The molecule has 2 bridgehead atoms. The summed E-state index contributed by atoms with van der Waals surface area (Å²) in [6, 6.07) is -0.357. The molecule has 3 saturated carbocycles. The zero-order chi connectivity index (χ0) is 33.4. The quantitative estimate of drug-likeness (QED) is 0.226. The molecule has 4 fully saturated rings. The monoisotopic (exact) mass is 656 g/mol. The van der Waals surface area contributed by atoms with Crippen LogP contribution in [-0.4, -0.2) is 54.1 Å². The van der Waals surface area contributed by atoms with Gasteiger partial charge in [-0.15, -0.1) is 11.3 Å². The van der Waals surface area contributed by atoms with Crippen molar-refractivity contribution < 1.29 is 28.9 Å². The molecule has 0 amide bonds. The summed E-state index contributed by atoms with van der Waals surface area (Å²) in [5.74, 6) is -0.135. The number of nitrogens with zero attached hydrogens (tertiary/aromatic N) is 1. The van der Waals surface area contributed by atoms with Gasteiger partial charge in [0.05, 0.1) is 31.8 Å². The lowest BCUT2D eigenvalue weighted by Gasteiger charge is -2.71. The Bertz CT molecular complexity index is 1370. The van der Waals surface area contributed by atoms with Crippen LogP contribution >= 0.6 is 11.3 Å². The third-order valence-electron chi connectivity index (χ3n) is 14.6. The Kier molecular flexibility index (Phi) is 8.64. The summed E-state index contributed by atoms with van der Waals surface area (Å²) < 4.78 is 19.4. The molecule has 1 saturated heterocycles. The van der Waals surface area contributed by atoms with Gasteiger partial charge in [-0.05, 0) is 78.4 Å². The van der Waals surface area contributed by atoms with Gasteiger partial charge in [-0.3, -0.25) is 9.59 Å². The van der Waals surface area contributed by atoms with Crippen LogP contribution in [0.25, 0.3) is 0 Å². The van der Waals surface area contributed by atoms with Gasteiger partial charge in [0.15, 0.2) is 0 Å². The number of thiazole rings is 1. The van der Waals surface area contributed by atoms with E-state index >= 15 is 0 Å². The average Bonchev–Trinajstić information content (AvgIpc) is 3.52. The molecule has 5 aliphatic rings. The smallest absolute Gasteiger partial charge is 0.307 e. The second kappa shape index (κ2) is 11.7. The number of aliphatic carboxylic acids is 1. The summed E-state index contributed by atoms with van der Waals surface area (Å²) in [5.41, 5.74) is 6.42. The summed E-state index contributed by atoms with van der Waals surface area (Å²) in [5, 5.41) is 13.7. The van der Waals surface area contributed by atoms with Gasteiger partial charge in [0, 0.05) is 29.3 Å². The third-order valence-corrected chi connectivity index (χ3v) is 15.5. The molecule has 256 valence electrons.